The lowest BCUT2D eigenvalue weighted by Gasteiger charge is -2.09. The van der Waals surface area contributed by atoms with Crippen molar-refractivity contribution in [2.24, 2.45) is 5.73 Å². The minimum atomic E-state index is 0.240. The Bertz CT molecular complexity index is 382. The average Bonchev–Trinajstić information content (AvgIpc) is 2.41. The van der Waals surface area contributed by atoms with E-state index < -0.39 is 0 Å². The maximum Gasteiger partial charge on any atom is 0.168 e. The maximum atomic E-state index is 5.52. The highest BCUT2D eigenvalue weighted by Gasteiger charge is 2.10. The van der Waals surface area contributed by atoms with Crippen molar-refractivity contribution in [2.45, 2.75) is 6.42 Å². The average molecular weight is 224 g/mol. The molecule has 15 heavy (non-hydrogen) atoms. The number of anilines is 1. The molecule has 0 bridgehead atoms. The van der Waals surface area contributed by atoms with Gasteiger partial charge in [0.1, 0.15) is 0 Å². The van der Waals surface area contributed by atoms with Crippen molar-refractivity contribution in [1.29, 1.82) is 0 Å². The van der Waals surface area contributed by atoms with Gasteiger partial charge in [-0.25, -0.2) is 0 Å². The molecule has 0 saturated carbocycles. The molecule has 1 aromatic rings. The van der Waals surface area contributed by atoms with Crippen LogP contribution in [-0.4, -0.2) is 18.3 Å². The highest BCUT2D eigenvalue weighted by atomic mass is 32.1. The lowest BCUT2D eigenvalue weighted by molar-refractivity contribution is 0.297. The van der Waals surface area contributed by atoms with Gasteiger partial charge in [-0.15, -0.1) is 0 Å². The zero-order valence-electron chi connectivity index (χ0n) is 8.16. The standard InChI is InChI=1S/C10H12N2O2S/c11-10(15)12-7-2-3-8-9(6-7)14-5-1-4-13-8/h2-3,6H,1,4-5H2,(H3,11,12,15). The van der Waals surface area contributed by atoms with E-state index in [1.165, 1.54) is 0 Å². The Hall–Kier alpha value is -1.49. The van der Waals surface area contributed by atoms with E-state index >= 15 is 0 Å². The molecule has 0 radical (unpaired) electrons. The topological polar surface area (TPSA) is 56.5 Å². The van der Waals surface area contributed by atoms with Gasteiger partial charge in [0, 0.05) is 18.2 Å². The van der Waals surface area contributed by atoms with Crippen molar-refractivity contribution in [3.8, 4) is 11.5 Å². The summed E-state index contributed by atoms with van der Waals surface area (Å²) in [5.41, 5.74) is 6.19. The van der Waals surface area contributed by atoms with Gasteiger partial charge in [0.05, 0.1) is 13.2 Å². The predicted octanol–water partition coefficient (Wildman–Crippen LogP) is 1.50. The van der Waals surface area contributed by atoms with Crippen LogP contribution < -0.4 is 20.5 Å². The molecular weight excluding hydrogens is 212 g/mol. The largest absolute Gasteiger partial charge is 0.490 e. The summed E-state index contributed by atoms with van der Waals surface area (Å²) in [6.45, 7) is 1.36. The van der Waals surface area contributed by atoms with Crippen molar-refractivity contribution in [3.05, 3.63) is 18.2 Å². The molecule has 4 nitrogen and oxygen atoms in total. The van der Waals surface area contributed by atoms with Crippen LogP contribution >= 0.6 is 12.2 Å². The van der Waals surface area contributed by atoms with Gasteiger partial charge in [-0.3, -0.25) is 0 Å². The van der Waals surface area contributed by atoms with Crippen LogP contribution in [-0.2, 0) is 0 Å². The fraction of sp³-hybridized carbons (Fsp3) is 0.300. The van der Waals surface area contributed by atoms with Crippen LogP contribution in [0.1, 0.15) is 6.42 Å². The molecule has 2 rings (SSSR count). The summed E-state index contributed by atoms with van der Waals surface area (Å²) in [7, 11) is 0. The molecule has 1 aliphatic rings. The Kier molecular flexibility index (Phi) is 2.91. The second-order valence-corrected chi connectivity index (χ2v) is 3.64. The second-order valence-electron chi connectivity index (χ2n) is 3.20. The van der Waals surface area contributed by atoms with Crippen molar-refractivity contribution in [3.63, 3.8) is 0 Å². The lowest BCUT2D eigenvalue weighted by atomic mass is 10.3. The number of thiocarbonyl (C=S) groups is 1. The van der Waals surface area contributed by atoms with Gasteiger partial charge < -0.3 is 20.5 Å². The van der Waals surface area contributed by atoms with E-state index in [2.05, 4.69) is 5.32 Å². The Morgan fingerprint density at radius 1 is 1.27 bits per heavy atom. The number of rotatable bonds is 1. The first-order valence-corrected chi connectivity index (χ1v) is 5.12. The minimum Gasteiger partial charge on any atom is -0.490 e. The summed E-state index contributed by atoms with van der Waals surface area (Å²) >= 11 is 4.75. The molecule has 0 unspecified atom stereocenters. The monoisotopic (exact) mass is 224 g/mol. The van der Waals surface area contributed by atoms with Gasteiger partial charge in [0.15, 0.2) is 16.6 Å². The van der Waals surface area contributed by atoms with Crippen LogP contribution in [0, 0.1) is 0 Å². The van der Waals surface area contributed by atoms with E-state index in [-0.39, 0.29) is 5.11 Å². The molecule has 0 atom stereocenters. The molecule has 80 valence electrons. The maximum absolute atomic E-state index is 5.52. The Labute approximate surface area is 93.4 Å². The summed E-state index contributed by atoms with van der Waals surface area (Å²) in [5.74, 6) is 1.50. The van der Waals surface area contributed by atoms with Gasteiger partial charge >= 0.3 is 0 Å². The SMILES string of the molecule is NC(=S)Nc1ccc2c(c1)OCCCO2. The predicted molar refractivity (Wildman–Crippen MR) is 62.5 cm³/mol. The number of hydrogen-bond acceptors (Lipinski definition) is 3. The molecular formula is C10H12N2O2S. The molecule has 1 aromatic carbocycles. The summed E-state index contributed by atoms with van der Waals surface area (Å²) in [5, 5.41) is 3.09. The molecule has 0 aliphatic carbocycles. The molecule has 0 fully saturated rings. The van der Waals surface area contributed by atoms with Crippen LogP contribution in [0.4, 0.5) is 5.69 Å². The van der Waals surface area contributed by atoms with Gasteiger partial charge in [0.2, 0.25) is 0 Å². The van der Waals surface area contributed by atoms with E-state index in [9.17, 15) is 0 Å². The zero-order valence-corrected chi connectivity index (χ0v) is 8.97. The quantitative estimate of drug-likeness (QED) is 0.708. The molecule has 0 saturated heterocycles. The smallest absolute Gasteiger partial charge is 0.168 e. The number of hydrogen-bond donors (Lipinski definition) is 2. The van der Waals surface area contributed by atoms with Gasteiger partial charge in [-0.05, 0) is 24.4 Å². The molecule has 0 amide bonds. The molecule has 1 heterocycles. The Morgan fingerprint density at radius 2 is 2.00 bits per heavy atom. The number of nitrogens with two attached hydrogens (primary N) is 1. The lowest BCUT2D eigenvalue weighted by Crippen LogP contribution is -2.18. The van der Waals surface area contributed by atoms with Crippen LogP contribution in [0.25, 0.3) is 0 Å². The first-order valence-electron chi connectivity index (χ1n) is 4.72. The highest BCUT2D eigenvalue weighted by molar-refractivity contribution is 7.80. The molecule has 0 spiro atoms. The van der Waals surface area contributed by atoms with Crippen LogP contribution in [0.15, 0.2) is 18.2 Å². The Balaban J connectivity index is 2.23. The Morgan fingerprint density at radius 3 is 2.73 bits per heavy atom. The number of nitrogens with one attached hydrogen (secondary N) is 1. The van der Waals surface area contributed by atoms with E-state index in [1.807, 2.05) is 18.2 Å². The first kappa shape index (κ1) is 10.0. The van der Waals surface area contributed by atoms with Crippen LogP contribution in [0.3, 0.4) is 0 Å². The zero-order chi connectivity index (χ0) is 10.7. The first-order chi connectivity index (χ1) is 7.25. The third-order valence-electron chi connectivity index (χ3n) is 2.02. The van der Waals surface area contributed by atoms with Crippen molar-refractivity contribution >= 4 is 23.0 Å². The molecule has 1 aliphatic heterocycles. The van der Waals surface area contributed by atoms with E-state index in [0.29, 0.717) is 13.2 Å². The van der Waals surface area contributed by atoms with Crippen LogP contribution in [0.5, 0.6) is 11.5 Å². The van der Waals surface area contributed by atoms with Crippen molar-refractivity contribution in [1.82, 2.24) is 0 Å². The summed E-state index contributed by atoms with van der Waals surface area (Å²) in [4.78, 5) is 0. The summed E-state index contributed by atoms with van der Waals surface area (Å²) < 4.78 is 11.0. The second kappa shape index (κ2) is 4.35. The van der Waals surface area contributed by atoms with Crippen molar-refractivity contribution in [2.75, 3.05) is 18.5 Å². The summed E-state index contributed by atoms with van der Waals surface area (Å²) in [6, 6.07) is 5.54. The fourth-order valence-electron chi connectivity index (χ4n) is 1.38. The summed E-state index contributed by atoms with van der Waals surface area (Å²) in [6.07, 6.45) is 0.896. The molecule has 5 heteroatoms. The third-order valence-corrected chi connectivity index (χ3v) is 2.12. The van der Waals surface area contributed by atoms with Gasteiger partial charge in [-0.1, -0.05) is 0 Å². The number of benzene rings is 1. The van der Waals surface area contributed by atoms with E-state index in [4.69, 9.17) is 27.4 Å². The fourth-order valence-corrected chi connectivity index (χ4v) is 1.50. The van der Waals surface area contributed by atoms with Crippen molar-refractivity contribution < 1.29 is 9.47 Å². The van der Waals surface area contributed by atoms with Gasteiger partial charge in [0.25, 0.3) is 0 Å². The van der Waals surface area contributed by atoms with E-state index in [1.54, 1.807) is 0 Å². The normalized spacial score (nSPS) is 14.1. The highest BCUT2D eigenvalue weighted by Crippen LogP contribution is 2.32. The molecule has 3 N–H and O–H groups in total. The minimum absolute atomic E-state index is 0.240. The van der Waals surface area contributed by atoms with Gasteiger partial charge in [-0.2, -0.15) is 0 Å². The number of ether oxygens (including phenoxy) is 2. The number of fused-ring (bicyclic) bond motifs is 1. The molecule has 0 aromatic heterocycles. The third kappa shape index (κ3) is 2.50. The van der Waals surface area contributed by atoms with Crippen LogP contribution in [0.2, 0.25) is 0 Å². The van der Waals surface area contributed by atoms with E-state index in [0.717, 1.165) is 23.6 Å².